The van der Waals surface area contributed by atoms with Crippen molar-refractivity contribution in [3.05, 3.63) is 89.5 Å². The van der Waals surface area contributed by atoms with Crippen LogP contribution in [-0.2, 0) is 14.8 Å². The maximum Gasteiger partial charge on any atom is 0.264 e. The molecular formula is C27H31N3O4S. The van der Waals surface area contributed by atoms with Crippen molar-refractivity contribution in [3.63, 3.8) is 0 Å². The molecule has 8 heteroatoms. The molecule has 35 heavy (non-hydrogen) atoms. The predicted molar refractivity (Wildman–Crippen MR) is 139 cm³/mol. The van der Waals surface area contributed by atoms with Crippen molar-refractivity contribution in [1.29, 1.82) is 0 Å². The summed E-state index contributed by atoms with van der Waals surface area (Å²) in [6.45, 7) is 7.12. The quantitative estimate of drug-likeness (QED) is 0.453. The maximum absolute atomic E-state index is 13.6. The molecule has 3 aromatic carbocycles. The van der Waals surface area contributed by atoms with Gasteiger partial charge >= 0.3 is 0 Å². The van der Waals surface area contributed by atoms with Crippen molar-refractivity contribution in [2.45, 2.75) is 45.1 Å². The first-order valence-corrected chi connectivity index (χ1v) is 12.9. The van der Waals surface area contributed by atoms with Gasteiger partial charge in [-0.2, -0.15) is 0 Å². The average Bonchev–Trinajstić information content (AvgIpc) is 2.85. The number of nitrogens with zero attached hydrogens (tertiary/aromatic N) is 1. The van der Waals surface area contributed by atoms with Gasteiger partial charge in [0.15, 0.2) is 0 Å². The van der Waals surface area contributed by atoms with E-state index in [0.29, 0.717) is 16.9 Å². The first kappa shape index (κ1) is 26.0. The van der Waals surface area contributed by atoms with Crippen molar-refractivity contribution in [3.8, 4) is 0 Å². The SMILES string of the molecule is CC[C@@H](C)NC(=O)c1ccccc1NC(=O)CN(c1cccc(C)c1C)S(=O)(=O)c1ccccc1. The fourth-order valence-corrected chi connectivity index (χ4v) is 5.04. The van der Waals surface area contributed by atoms with E-state index in [1.165, 1.54) is 12.1 Å². The summed E-state index contributed by atoms with van der Waals surface area (Å²) in [5.74, 6) is -0.868. The zero-order valence-electron chi connectivity index (χ0n) is 20.4. The Hall–Kier alpha value is -3.65. The van der Waals surface area contributed by atoms with Crippen LogP contribution in [0, 0.1) is 13.8 Å². The zero-order valence-corrected chi connectivity index (χ0v) is 21.2. The van der Waals surface area contributed by atoms with Crippen LogP contribution >= 0.6 is 0 Å². The lowest BCUT2D eigenvalue weighted by Crippen LogP contribution is -2.39. The summed E-state index contributed by atoms with van der Waals surface area (Å²) in [4.78, 5) is 26.0. The molecule has 0 heterocycles. The van der Waals surface area contributed by atoms with E-state index < -0.39 is 22.5 Å². The number of benzene rings is 3. The van der Waals surface area contributed by atoms with Gasteiger partial charge in [0.2, 0.25) is 5.91 Å². The highest BCUT2D eigenvalue weighted by Crippen LogP contribution is 2.28. The maximum atomic E-state index is 13.6. The number of amides is 2. The largest absolute Gasteiger partial charge is 0.350 e. The minimum Gasteiger partial charge on any atom is -0.350 e. The predicted octanol–water partition coefficient (Wildman–Crippen LogP) is 4.67. The third-order valence-corrected chi connectivity index (χ3v) is 7.67. The lowest BCUT2D eigenvalue weighted by atomic mass is 10.1. The number of anilines is 2. The number of rotatable bonds is 9. The van der Waals surface area contributed by atoms with Gasteiger partial charge in [0.05, 0.1) is 21.8 Å². The Morgan fingerprint density at radius 3 is 2.26 bits per heavy atom. The van der Waals surface area contributed by atoms with Crippen LogP contribution in [0.5, 0.6) is 0 Å². The van der Waals surface area contributed by atoms with Gasteiger partial charge in [0.25, 0.3) is 15.9 Å². The third-order valence-electron chi connectivity index (χ3n) is 5.90. The van der Waals surface area contributed by atoms with Gasteiger partial charge in [-0.3, -0.25) is 13.9 Å². The molecule has 0 spiro atoms. The van der Waals surface area contributed by atoms with E-state index in [1.807, 2.05) is 33.8 Å². The standard InChI is InChI=1S/C27H31N3O4S/c1-5-20(3)28-27(32)23-15-9-10-16-24(23)29-26(31)18-30(25-17-11-12-19(2)21(25)4)35(33,34)22-13-7-6-8-14-22/h6-17,20H,5,18H2,1-4H3,(H,28,32)(H,29,31)/t20-/m1/s1. The number of nitrogens with one attached hydrogen (secondary N) is 2. The minimum absolute atomic E-state index is 0.0259. The Balaban J connectivity index is 1.95. The summed E-state index contributed by atoms with van der Waals surface area (Å²) in [6, 6.07) is 20.0. The Labute approximate surface area is 207 Å². The van der Waals surface area contributed by atoms with Crippen LogP contribution in [0.4, 0.5) is 11.4 Å². The molecule has 3 rings (SSSR count). The second-order valence-corrected chi connectivity index (χ2v) is 10.3. The Morgan fingerprint density at radius 2 is 1.57 bits per heavy atom. The number of hydrogen-bond acceptors (Lipinski definition) is 4. The molecule has 0 aromatic heterocycles. The van der Waals surface area contributed by atoms with Gasteiger partial charge in [0.1, 0.15) is 6.54 Å². The summed E-state index contributed by atoms with van der Waals surface area (Å²) >= 11 is 0. The smallest absolute Gasteiger partial charge is 0.264 e. The van der Waals surface area contributed by atoms with Gasteiger partial charge in [0, 0.05) is 6.04 Å². The summed E-state index contributed by atoms with van der Waals surface area (Å²) in [7, 11) is -4.03. The second-order valence-electron chi connectivity index (χ2n) is 8.42. The molecule has 0 aliphatic carbocycles. The van der Waals surface area contributed by atoms with Gasteiger partial charge in [-0.05, 0) is 68.7 Å². The monoisotopic (exact) mass is 493 g/mol. The van der Waals surface area contributed by atoms with Crippen molar-refractivity contribution >= 4 is 33.2 Å². The molecular weight excluding hydrogens is 462 g/mol. The Morgan fingerprint density at radius 1 is 0.914 bits per heavy atom. The number of sulfonamides is 1. The molecule has 0 aliphatic rings. The number of aryl methyl sites for hydroxylation is 1. The van der Waals surface area contributed by atoms with Crippen LogP contribution < -0.4 is 14.9 Å². The molecule has 1 atom stereocenters. The second kappa shape index (κ2) is 11.2. The zero-order chi connectivity index (χ0) is 25.6. The highest BCUT2D eigenvalue weighted by atomic mass is 32.2. The molecule has 0 saturated heterocycles. The van der Waals surface area contributed by atoms with E-state index in [1.54, 1.807) is 54.6 Å². The fraction of sp³-hybridized carbons (Fsp3) is 0.259. The molecule has 0 bridgehead atoms. The van der Waals surface area contributed by atoms with Crippen molar-refractivity contribution in [2.75, 3.05) is 16.2 Å². The number of carbonyl (C=O) groups excluding carboxylic acids is 2. The van der Waals surface area contributed by atoms with Gasteiger partial charge in [-0.15, -0.1) is 0 Å². The van der Waals surface area contributed by atoms with E-state index in [4.69, 9.17) is 0 Å². The summed E-state index contributed by atoms with van der Waals surface area (Å²) in [5.41, 5.74) is 2.71. The highest BCUT2D eigenvalue weighted by Gasteiger charge is 2.29. The summed E-state index contributed by atoms with van der Waals surface area (Å²) in [5, 5.41) is 5.62. The van der Waals surface area contributed by atoms with Crippen molar-refractivity contribution < 1.29 is 18.0 Å². The van der Waals surface area contributed by atoms with Crippen LogP contribution in [0.2, 0.25) is 0 Å². The summed E-state index contributed by atoms with van der Waals surface area (Å²) < 4.78 is 28.3. The van der Waals surface area contributed by atoms with Crippen LogP contribution in [0.25, 0.3) is 0 Å². The molecule has 0 unspecified atom stereocenters. The molecule has 0 radical (unpaired) electrons. The fourth-order valence-electron chi connectivity index (χ4n) is 3.54. The molecule has 2 N–H and O–H groups in total. The molecule has 0 saturated carbocycles. The van der Waals surface area contributed by atoms with Crippen LogP contribution in [-0.4, -0.2) is 32.8 Å². The lowest BCUT2D eigenvalue weighted by molar-refractivity contribution is -0.114. The van der Waals surface area contributed by atoms with Crippen molar-refractivity contribution in [1.82, 2.24) is 5.32 Å². The lowest BCUT2D eigenvalue weighted by Gasteiger charge is -2.26. The van der Waals surface area contributed by atoms with Gasteiger partial charge < -0.3 is 10.6 Å². The normalized spacial score (nSPS) is 12.0. The molecule has 0 fully saturated rings. The highest BCUT2D eigenvalue weighted by molar-refractivity contribution is 7.92. The minimum atomic E-state index is -4.03. The van der Waals surface area contributed by atoms with E-state index in [0.717, 1.165) is 21.9 Å². The molecule has 7 nitrogen and oxygen atoms in total. The number of hydrogen-bond donors (Lipinski definition) is 2. The Bertz CT molecular complexity index is 1310. The molecule has 2 amide bonds. The van der Waals surface area contributed by atoms with Crippen LogP contribution in [0.15, 0.2) is 77.7 Å². The first-order valence-electron chi connectivity index (χ1n) is 11.5. The van der Waals surface area contributed by atoms with Crippen LogP contribution in [0.3, 0.4) is 0 Å². The van der Waals surface area contributed by atoms with Gasteiger partial charge in [-0.1, -0.05) is 49.4 Å². The Kier molecular flexibility index (Phi) is 8.30. The average molecular weight is 494 g/mol. The van der Waals surface area contributed by atoms with E-state index in [9.17, 15) is 18.0 Å². The van der Waals surface area contributed by atoms with Gasteiger partial charge in [-0.25, -0.2) is 8.42 Å². The van der Waals surface area contributed by atoms with E-state index >= 15 is 0 Å². The summed E-state index contributed by atoms with van der Waals surface area (Å²) in [6.07, 6.45) is 0.766. The molecule has 0 aliphatic heterocycles. The third kappa shape index (κ3) is 6.08. The van der Waals surface area contributed by atoms with Crippen molar-refractivity contribution in [2.24, 2.45) is 0 Å². The number of para-hydroxylation sites is 1. The molecule has 3 aromatic rings. The molecule has 184 valence electrons. The van der Waals surface area contributed by atoms with E-state index in [-0.39, 0.29) is 16.8 Å². The topological polar surface area (TPSA) is 95.6 Å². The van der Waals surface area contributed by atoms with Crippen LogP contribution in [0.1, 0.15) is 41.8 Å². The first-order chi connectivity index (χ1) is 16.6. The van der Waals surface area contributed by atoms with E-state index in [2.05, 4.69) is 10.6 Å². The number of carbonyl (C=O) groups is 2.